The molecule has 2 aromatic carbocycles. The Balaban J connectivity index is 0.000000152. The number of hydrogen-bond acceptors (Lipinski definition) is 9. The molecular formula is C49H50ClN13. The van der Waals surface area contributed by atoms with Crippen LogP contribution >= 0.6 is 11.6 Å². The number of imidazole rings is 4. The van der Waals surface area contributed by atoms with E-state index in [9.17, 15) is 0 Å². The predicted octanol–water partition coefficient (Wildman–Crippen LogP) is 11.2. The topological polar surface area (TPSA) is 155 Å². The first-order valence-electron chi connectivity index (χ1n) is 21.9. The summed E-state index contributed by atoms with van der Waals surface area (Å²) in [6, 6.07) is 24.7. The van der Waals surface area contributed by atoms with Crippen molar-refractivity contribution in [3.05, 3.63) is 127 Å². The Morgan fingerprint density at radius 2 is 1.03 bits per heavy atom. The third-order valence-electron chi connectivity index (χ3n) is 11.4. The molecule has 0 bridgehead atoms. The van der Waals surface area contributed by atoms with Gasteiger partial charge in [0.15, 0.2) is 16.4 Å². The molecular weight excluding hydrogens is 806 g/mol. The Morgan fingerprint density at radius 3 is 1.51 bits per heavy atom. The second kappa shape index (κ2) is 17.1. The standard InChI is InChI=1S/C27H27N7.C22H23ClN6/c1-17(2)14-29-23-13-22(19-9-11-28-12-10-19)33-34-25(16-31-27(23)34)20-5-3-18(4-6-20)24-15-30-26(32-24)21-7-8-21;1-13(2)10-24-17-9-20(23)28-29-19(12-26-22(17)29)15-5-3-14(4-6-15)18-11-25-21(27-18)16-7-8-16/h3-6,9-13,15-17,21,29H,7-8,14H2,1-2H3,(H,30,32);3-6,9,11-13,16,24H,7-8,10H2,1-2H3,(H,25,27). The highest BCUT2D eigenvalue weighted by Gasteiger charge is 2.27. The average molecular weight is 856 g/mol. The number of halogens is 1. The average Bonchev–Trinajstić information content (AvgIpc) is 4.10. The highest BCUT2D eigenvalue weighted by molar-refractivity contribution is 6.29. The van der Waals surface area contributed by atoms with E-state index in [1.54, 1.807) is 16.9 Å². The zero-order valence-corrected chi connectivity index (χ0v) is 36.6. The van der Waals surface area contributed by atoms with Crippen molar-refractivity contribution in [2.24, 2.45) is 11.8 Å². The molecule has 318 valence electrons. The largest absolute Gasteiger partial charge is 0.382 e. The van der Waals surface area contributed by atoms with E-state index in [2.05, 4.69) is 128 Å². The zero-order chi connectivity index (χ0) is 43.0. The van der Waals surface area contributed by atoms with E-state index in [4.69, 9.17) is 21.7 Å². The summed E-state index contributed by atoms with van der Waals surface area (Å²) in [5.41, 5.74) is 13.7. The molecule has 9 aromatic rings. The Hall–Kier alpha value is -6.86. The number of aromatic amines is 2. The van der Waals surface area contributed by atoms with Crippen LogP contribution in [0.15, 0.2) is 110 Å². The van der Waals surface area contributed by atoms with Crippen molar-refractivity contribution in [1.29, 1.82) is 0 Å². The molecule has 4 N–H and O–H groups in total. The fourth-order valence-electron chi connectivity index (χ4n) is 7.59. The van der Waals surface area contributed by atoms with Crippen LogP contribution in [0.2, 0.25) is 5.15 Å². The fraction of sp³-hybridized carbons (Fsp3) is 0.286. The Morgan fingerprint density at radius 1 is 0.571 bits per heavy atom. The molecule has 2 fully saturated rings. The van der Waals surface area contributed by atoms with Crippen molar-refractivity contribution < 1.29 is 0 Å². The van der Waals surface area contributed by atoms with E-state index in [1.165, 1.54) is 25.7 Å². The van der Waals surface area contributed by atoms with Crippen LogP contribution in [0, 0.1) is 11.8 Å². The third-order valence-corrected chi connectivity index (χ3v) is 11.6. The van der Waals surface area contributed by atoms with E-state index in [0.717, 1.165) is 104 Å². The molecule has 14 heteroatoms. The van der Waals surface area contributed by atoms with Gasteiger partial charge in [-0.05, 0) is 66.8 Å². The SMILES string of the molecule is CC(C)CNc1cc(-c2ccncc2)nn2c(-c3ccc(-c4cnc(C5CC5)[nH]4)cc3)cnc12.CC(C)CNc1cc(Cl)nn2c(-c3ccc(-c4cnc(C5CC5)[nH]4)cc3)cnc12. The van der Waals surface area contributed by atoms with Gasteiger partial charge in [0.05, 0.1) is 64.6 Å². The van der Waals surface area contributed by atoms with Crippen LogP contribution in [-0.2, 0) is 0 Å². The molecule has 63 heavy (non-hydrogen) atoms. The van der Waals surface area contributed by atoms with Crippen LogP contribution in [0.25, 0.3) is 67.6 Å². The number of fused-ring (bicyclic) bond motifs is 2. The fourth-order valence-corrected chi connectivity index (χ4v) is 7.77. The smallest absolute Gasteiger partial charge is 0.177 e. The number of anilines is 2. The molecule has 7 heterocycles. The molecule has 11 rings (SSSR count). The molecule has 13 nitrogen and oxygen atoms in total. The predicted molar refractivity (Wildman–Crippen MR) is 251 cm³/mol. The van der Waals surface area contributed by atoms with Crippen molar-refractivity contribution >= 4 is 34.3 Å². The normalized spacial score (nSPS) is 13.8. The molecule has 2 saturated carbocycles. The first-order chi connectivity index (χ1) is 30.7. The van der Waals surface area contributed by atoms with Crippen molar-refractivity contribution in [3.8, 4) is 56.3 Å². The van der Waals surface area contributed by atoms with Gasteiger partial charge in [-0.25, -0.2) is 29.0 Å². The molecule has 0 unspecified atom stereocenters. The molecule has 2 aliphatic carbocycles. The summed E-state index contributed by atoms with van der Waals surface area (Å²) in [4.78, 5) is 29.5. The van der Waals surface area contributed by atoms with E-state index in [-0.39, 0.29) is 0 Å². The van der Waals surface area contributed by atoms with E-state index >= 15 is 0 Å². The van der Waals surface area contributed by atoms with Gasteiger partial charge in [-0.2, -0.15) is 10.2 Å². The highest BCUT2D eigenvalue weighted by Crippen LogP contribution is 2.40. The van der Waals surface area contributed by atoms with E-state index < -0.39 is 0 Å². The number of pyridine rings is 1. The van der Waals surface area contributed by atoms with Gasteiger partial charge in [-0.1, -0.05) is 87.8 Å². The first-order valence-corrected chi connectivity index (χ1v) is 22.2. The molecule has 0 amide bonds. The van der Waals surface area contributed by atoms with Crippen LogP contribution in [0.3, 0.4) is 0 Å². The maximum atomic E-state index is 6.28. The quantitative estimate of drug-likeness (QED) is 0.0887. The Labute approximate surface area is 370 Å². The second-order valence-corrected chi connectivity index (χ2v) is 17.8. The van der Waals surface area contributed by atoms with Crippen molar-refractivity contribution in [2.75, 3.05) is 23.7 Å². The van der Waals surface area contributed by atoms with Crippen LogP contribution in [-0.4, -0.2) is 67.2 Å². The minimum atomic E-state index is 0.435. The second-order valence-electron chi connectivity index (χ2n) is 17.4. The Kier molecular flexibility index (Phi) is 10.9. The van der Waals surface area contributed by atoms with Crippen LogP contribution < -0.4 is 10.6 Å². The van der Waals surface area contributed by atoms with Crippen molar-refractivity contribution in [3.63, 3.8) is 0 Å². The number of rotatable bonds is 13. The lowest BCUT2D eigenvalue weighted by Crippen LogP contribution is -2.10. The lowest BCUT2D eigenvalue weighted by atomic mass is 10.1. The minimum Gasteiger partial charge on any atom is -0.382 e. The molecule has 0 radical (unpaired) electrons. The van der Waals surface area contributed by atoms with Crippen LogP contribution in [0.5, 0.6) is 0 Å². The number of hydrogen-bond donors (Lipinski definition) is 4. The monoisotopic (exact) mass is 855 g/mol. The maximum absolute atomic E-state index is 6.28. The molecule has 0 spiro atoms. The zero-order valence-electron chi connectivity index (χ0n) is 35.8. The van der Waals surface area contributed by atoms with Crippen molar-refractivity contribution in [2.45, 2.75) is 65.2 Å². The third kappa shape index (κ3) is 8.78. The number of nitrogens with one attached hydrogen (secondary N) is 4. The number of nitrogens with zero attached hydrogens (tertiary/aromatic N) is 9. The molecule has 0 saturated heterocycles. The van der Waals surface area contributed by atoms with Gasteiger partial charge in [-0.15, -0.1) is 0 Å². The molecule has 0 aliphatic heterocycles. The van der Waals surface area contributed by atoms with Gasteiger partial charge >= 0.3 is 0 Å². The van der Waals surface area contributed by atoms with Crippen LogP contribution in [0.4, 0.5) is 11.4 Å². The summed E-state index contributed by atoms with van der Waals surface area (Å²) in [6.45, 7) is 10.4. The molecule has 2 aliphatic rings. The van der Waals surface area contributed by atoms with Gasteiger partial charge in [-0.3, -0.25) is 4.98 Å². The summed E-state index contributed by atoms with van der Waals surface area (Å²) < 4.78 is 3.75. The van der Waals surface area contributed by atoms with E-state index in [0.29, 0.717) is 28.8 Å². The van der Waals surface area contributed by atoms with Crippen molar-refractivity contribution in [1.82, 2.24) is 54.1 Å². The number of aromatic nitrogens is 11. The van der Waals surface area contributed by atoms with Gasteiger partial charge in [0.25, 0.3) is 0 Å². The Bertz CT molecular complexity index is 2990. The maximum Gasteiger partial charge on any atom is 0.177 e. The highest BCUT2D eigenvalue weighted by atomic mass is 35.5. The summed E-state index contributed by atoms with van der Waals surface area (Å²) in [6.07, 6.45) is 16.1. The van der Waals surface area contributed by atoms with Crippen LogP contribution in [0.1, 0.15) is 76.9 Å². The van der Waals surface area contributed by atoms with Gasteiger partial charge < -0.3 is 20.6 Å². The van der Waals surface area contributed by atoms with Gasteiger partial charge in [0.1, 0.15) is 11.6 Å². The minimum absolute atomic E-state index is 0.435. The van der Waals surface area contributed by atoms with E-state index in [1.807, 2.05) is 47.5 Å². The summed E-state index contributed by atoms with van der Waals surface area (Å²) in [5, 5.41) is 16.8. The molecule has 0 atom stereocenters. The summed E-state index contributed by atoms with van der Waals surface area (Å²) >= 11 is 6.28. The molecule has 7 aromatic heterocycles. The lowest BCUT2D eigenvalue weighted by Gasteiger charge is -2.13. The number of H-pyrrole nitrogens is 2. The first kappa shape index (κ1) is 40.2. The van der Waals surface area contributed by atoms with Gasteiger partial charge in [0, 0.05) is 60.1 Å². The lowest BCUT2D eigenvalue weighted by molar-refractivity contribution is 0.688. The summed E-state index contributed by atoms with van der Waals surface area (Å²) in [7, 11) is 0. The summed E-state index contributed by atoms with van der Waals surface area (Å²) in [5.74, 6) is 4.48. The number of benzene rings is 2. The van der Waals surface area contributed by atoms with Gasteiger partial charge in [0.2, 0.25) is 0 Å².